The highest BCUT2D eigenvalue weighted by Crippen LogP contribution is 2.28. The minimum atomic E-state index is -0.0526. The molecule has 0 atom stereocenters. The summed E-state index contributed by atoms with van der Waals surface area (Å²) in [6, 6.07) is 6.73. The van der Waals surface area contributed by atoms with Crippen molar-refractivity contribution in [2.24, 2.45) is 5.92 Å². The average Bonchev–Trinajstić information content (AvgIpc) is 3.04. The molecule has 1 fully saturated rings. The molecule has 0 spiro atoms. The fourth-order valence-corrected chi connectivity index (χ4v) is 3.05. The molecule has 1 aliphatic rings. The summed E-state index contributed by atoms with van der Waals surface area (Å²) < 4.78 is 0. The molecule has 1 amide bonds. The number of aldehydes is 1. The summed E-state index contributed by atoms with van der Waals surface area (Å²) >= 11 is 0. The molecule has 0 unspecified atom stereocenters. The molecule has 0 heterocycles. The molecule has 1 aliphatic carbocycles. The number of rotatable bonds is 8. The van der Waals surface area contributed by atoms with Crippen LogP contribution in [0, 0.1) is 5.92 Å². The summed E-state index contributed by atoms with van der Waals surface area (Å²) in [5, 5.41) is 2.94. The van der Waals surface area contributed by atoms with Gasteiger partial charge >= 0.3 is 0 Å². The van der Waals surface area contributed by atoms with Gasteiger partial charge in [-0.1, -0.05) is 57.1 Å². The number of carbonyl (C=O) groups is 2. The number of unbranched alkanes of at least 4 members (excludes halogenated alkanes) is 2. The highest BCUT2D eigenvalue weighted by Gasteiger charge is 2.13. The fraction of sp³-hybridized carbons (Fsp3) is 0.556. The minimum Gasteiger partial charge on any atom is -0.352 e. The van der Waals surface area contributed by atoms with Crippen molar-refractivity contribution in [3.8, 4) is 0 Å². The molecule has 0 saturated heterocycles. The lowest BCUT2D eigenvalue weighted by molar-refractivity contribution is 0.0952. The SMILES string of the molecule is O=Cc1ccc(C(=O)NCCCCCC2CCCC2)cc1. The summed E-state index contributed by atoms with van der Waals surface area (Å²) in [5.74, 6) is 0.916. The van der Waals surface area contributed by atoms with Crippen LogP contribution in [0.15, 0.2) is 24.3 Å². The smallest absolute Gasteiger partial charge is 0.251 e. The number of carbonyl (C=O) groups excluding carboxylic acids is 2. The van der Waals surface area contributed by atoms with Crippen LogP contribution in [0.25, 0.3) is 0 Å². The molecule has 1 aromatic rings. The first kappa shape index (κ1) is 15.7. The quantitative estimate of drug-likeness (QED) is 0.580. The van der Waals surface area contributed by atoms with Crippen LogP contribution in [0.1, 0.15) is 72.1 Å². The maximum Gasteiger partial charge on any atom is 0.251 e. The Kier molecular flexibility index (Phi) is 6.45. The third-order valence-electron chi connectivity index (χ3n) is 4.36. The van der Waals surface area contributed by atoms with Gasteiger partial charge in [0, 0.05) is 17.7 Å². The summed E-state index contributed by atoms with van der Waals surface area (Å²) in [6.07, 6.45) is 11.4. The van der Waals surface area contributed by atoms with Crippen molar-refractivity contribution in [1.29, 1.82) is 0 Å². The van der Waals surface area contributed by atoms with E-state index in [9.17, 15) is 9.59 Å². The highest BCUT2D eigenvalue weighted by molar-refractivity contribution is 5.94. The summed E-state index contributed by atoms with van der Waals surface area (Å²) in [7, 11) is 0. The van der Waals surface area contributed by atoms with E-state index in [0.717, 1.165) is 25.2 Å². The zero-order valence-electron chi connectivity index (χ0n) is 12.6. The van der Waals surface area contributed by atoms with Gasteiger partial charge in [-0.2, -0.15) is 0 Å². The maximum atomic E-state index is 11.9. The van der Waals surface area contributed by atoms with Crippen LogP contribution < -0.4 is 5.32 Å². The fourth-order valence-electron chi connectivity index (χ4n) is 3.05. The number of amides is 1. The molecule has 1 aromatic carbocycles. The van der Waals surface area contributed by atoms with Crippen LogP contribution in [0.5, 0.6) is 0 Å². The zero-order chi connectivity index (χ0) is 14.9. The maximum absolute atomic E-state index is 11.9. The Balaban J connectivity index is 1.56. The lowest BCUT2D eigenvalue weighted by Crippen LogP contribution is -2.24. The van der Waals surface area contributed by atoms with Crippen LogP contribution >= 0.6 is 0 Å². The monoisotopic (exact) mass is 287 g/mol. The lowest BCUT2D eigenvalue weighted by atomic mass is 10.00. The van der Waals surface area contributed by atoms with E-state index in [1.807, 2.05) is 0 Å². The van der Waals surface area contributed by atoms with Gasteiger partial charge in [0.25, 0.3) is 5.91 Å². The summed E-state index contributed by atoms with van der Waals surface area (Å²) in [5.41, 5.74) is 1.21. The second-order valence-corrected chi connectivity index (χ2v) is 6.00. The molecule has 114 valence electrons. The van der Waals surface area contributed by atoms with Gasteiger partial charge in [-0.15, -0.1) is 0 Å². The van der Waals surface area contributed by atoms with E-state index in [4.69, 9.17) is 0 Å². The Morgan fingerprint density at radius 1 is 1.10 bits per heavy atom. The number of benzene rings is 1. The first-order chi connectivity index (χ1) is 10.3. The van der Waals surface area contributed by atoms with Gasteiger partial charge < -0.3 is 5.32 Å². The highest BCUT2D eigenvalue weighted by atomic mass is 16.1. The van der Waals surface area contributed by atoms with Gasteiger partial charge in [-0.05, 0) is 24.5 Å². The third-order valence-corrected chi connectivity index (χ3v) is 4.36. The molecule has 0 radical (unpaired) electrons. The normalized spacial score (nSPS) is 15.0. The number of hydrogen-bond donors (Lipinski definition) is 1. The van der Waals surface area contributed by atoms with E-state index in [-0.39, 0.29) is 5.91 Å². The lowest BCUT2D eigenvalue weighted by Gasteiger charge is -2.08. The molecular weight excluding hydrogens is 262 g/mol. The zero-order valence-corrected chi connectivity index (χ0v) is 12.6. The van der Waals surface area contributed by atoms with Gasteiger partial charge in [-0.25, -0.2) is 0 Å². The molecule has 3 heteroatoms. The van der Waals surface area contributed by atoms with Gasteiger partial charge in [0.15, 0.2) is 0 Å². The molecule has 1 N–H and O–H groups in total. The van der Waals surface area contributed by atoms with Crippen LogP contribution in [0.3, 0.4) is 0 Å². The molecule has 21 heavy (non-hydrogen) atoms. The van der Waals surface area contributed by atoms with Crippen molar-refractivity contribution in [3.63, 3.8) is 0 Å². The predicted octanol–water partition coefficient (Wildman–Crippen LogP) is 3.98. The van der Waals surface area contributed by atoms with Crippen LogP contribution in [0.4, 0.5) is 0 Å². The topological polar surface area (TPSA) is 46.2 Å². The summed E-state index contributed by atoms with van der Waals surface area (Å²) in [4.78, 5) is 22.4. The third kappa shape index (κ3) is 5.33. The Morgan fingerprint density at radius 2 is 1.81 bits per heavy atom. The van der Waals surface area contributed by atoms with E-state index in [2.05, 4.69) is 5.32 Å². The molecular formula is C18H25NO2. The van der Waals surface area contributed by atoms with Gasteiger partial charge in [0.05, 0.1) is 0 Å². The Labute approximate surface area is 127 Å². The van der Waals surface area contributed by atoms with Gasteiger partial charge in [-0.3, -0.25) is 9.59 Å². The van der Waals surface area contributed by atoms with E-state index >= 15 is 0 Å². The minimum absolute atomic E-state index is 0.0526. The number of nitrogens with one attached hydrogen (secondary N) is 1. The first-order valence-electron chi connectivity index (χ1n) is 8.13. The Hall–Kier alpha value is -1.64. The second kappa shape index (κ2) is 8.60. The predicted molar refractivity (Wildman–Crippen MR) is 84.6 cm³/mol. The molecule has 2 rings (SSSR count). The van der Waals surface area contributed by atoms with Crippen molar-refractivity contribution in [1.82, 2.24) is 5.32 Å². The molecule has 1 saturated carbocycles. The van der Waals surface area contributed by atoms with Crippen molar-refractivity contribution in [3.05, 3.63) is 35.4 Å². The van der Waals surface area contributed by atoms with Crippen LogP contribution in [-0.4, -0.2) is 18.7 Å². The van der Waals surface area contributed by atoms with Crippen molar-refractivity contribution >= 4 is 12.2 Å². The van der Waals surface area contributed by atoms with Crippen LogP contribution in [-0.2, 0) is 0 Å². The largest absolute Gasteiger partial charge is 0.352 e. The van der Waals surface area contributed by atoms with E-state index in [1.54, 1.807) is 24.3 Å². The van der Waals surface area contributed by atoms with Crippen molar-refractivity contribution in [2.45, 2.75) is 51.4 Å². The summed E-state index contributed by atoms with van der Waals surface area (Å²) in [6.45, 7) is 0.735. The van der Waals surface area contributed by atoms with E-state index < -0.39 is 0 Å². The molecule has 0 aromatic heterocycles. The van der Waals surface area contributed by atoms with Crippen LogP contribution in [0.2, 0.25) is 0 Å². The van der Waals surface area contributed by atoms with Gasteiger partial charge in [0.1, 0.15) is 6.29 Å². The average molecular weight is 287 g/mol. The second-order valence-electron chi connectivity index (χ2n) is 6.00. The van der Waals surface area contributed by atoms with Gasteiger partial charge in [0.2, 0.25) is 0 Å². The standard InChI is InChI=1S/C18H25NO2/c20-14-16-9-11-17(12-10-16)18(21)19-13-5-1-2-6-15-7-3-4-8-15/h9-12,14-15H,1-8,13H2,(H,19,21). The Morgan fingerprint density at radius 3 is 2.48 bits per heavy atom. The molecule has 0 bridgehead atoms. The van der Waals surface area contributed by atoms with Crippen molar-refractivity contribution in [2.75, 3.05) is 6.54 Å². The first-order valence-corrected chi connectivity index (χ1v) is 8.13. The molecule has 3 nitrogen and oxygen atoms in total. The van der Waals surface area contributed by atoms with Crippen molar-refractivity contribution < 1.29 is 9.59 Å². The Bertz CT molecular complexity index is 447. The van der Waals surface area contributed by atoms with E-state index in [1.165, 1.54) is 44.9 Å². The molecule has 0 aliphatic heterocycles. The number of hydrogen-bond acceptors (Lipinski definition) is 2. The van der Waals surface area contributed by atoms with E-state index in [0.29, 0.717) is 11.1 Å².